The molecular weight excluding hydrogens is 469 g/mol. The number of hydrogen-bond donors (Lipinski definition) is 1. The fourth-order valence-electron chi connectivity index (χ4n) is 4.30. The van der Waals surface area contributed by atoms with E-state index in [4.69, 9.17) is 0 Å². The first-order valence-corrected chi connectivity index (χ1v) is 11.2. The topological polar surface area (TPSA) is 67.2 Å². The fraction of sp³-hybridized carbons (Fsp3) is 0.148. The lowest BCUT2D eigenvalue weighted by atomic mass is 10.1. The highest BCUT2D eigenvalue weighted by molar-refractivity contribution is 6.06. The van der Waals surface area contributed by atoms with Gasteiger partial charge in [-0.1, -0.05) is 30.3 Å². The van der Waals surface area contributed by atoms with Gasteiger partial charge in [-0.15, -0.1) is 0 Å². The van der Waals surface area contributed by atoms with Crippen LogP contribution in [0.4, 0.5) is 18.9 Å². The zero-order chi connectivity index (χ0) is 25.3. The van der Waals surface area contributed by atoms with E-state index in [1.807, 2.05) is 22.8 Å². The second-order valence-corrected chi connectivity index (χ2v) is 8.44. The largest absolute Gasteiger partial charge is 0.416 e. The molecule has 182 valence electrons. The maximum Gasteiger partial charge on any atom is 0.416 e. The predicted molar refractivity (Wildman–Crippen MR) is 127 cm³/mol. The molecule has 1 aliphatic heterocycles. The minimum Gasteiger partial charge on any atom is -0.347 e. The lowest BCUT2D eigenvalue weighted by Crippen LogP contribution is -2.31. The standard InChI is InChI=1S/C27H21F3N4O2/c28-27(29,30)21-8-3-7-19(13-21)26(36)34-17-22-10-11-24(25(35)32-15-18-5-4-12-31-14-18)33(22)16-20-6-1-2-9-23(20)34/h1-14H,15-17H2,(H,32,35). The van der Waals surface area contributed by atoms with Gasteiger partial charge in [0, 0.05) is 35.9 Å². The molecule has 36 heavy (non-hydrogen) atoms. The van der Waals surface area contributed by atoms with E-state index < -0.39 is 17.6 Å². The number of carbonyl (C=O) groups is 2. The molecule has 5 rings (SSSR count). The van der Waals surface area contributed by atoms with E-state index >= 15 is 0 Å². The van der Waals surface area contributed by atoms with Crippen LogP contribution in [-0.2, 0) is 25.8 Å². The SMILES string of the molecule is O=C(NCc1cccnc1)c1ccc2n1Cc1ccccc1N(C(=O)c1cccc(C(F)(F)F)c1)C2. The van der Waals surface area contributed by atoms with Gasteiger partial charge in [-0.2, -0.15) is 13.2 Å². The second-order valence-electron chi connectivity index (χ2n) is 8.44. The van der Waals surface area contributed by atoms with Gasteiger partial charge in [0.15, 0.2) is 0 Å². The molecule has 1 aliphatic rings. The van der Waals surface area contributed by atoms with Crippen LogP contribution in [0.3, 0.4) is 0 Å². The van der Waals surface area contributed by atoms with Crippen molar-refractivity contribution in [1.29, 1.82) is 0 Å². The van der Waals surface area contributed by atoms with Gasteiger partial charge in [-0.3, -0.25) is 14.6 Å². The quantitative estimate of drug-likeness (QED) is 0.436. The van der Waals surface area contributed by atoms with Crippen molar-refractivity contribution < 1.29 is 22.8 Å². The molecule has 0 radical (unpaired) electrons. The summed E-state index contributed by atoms with van der Waals surface area (Å²) < 4.78 is 41.6. The number of nitrogens with one attached hydrogen (secondary N) is 1. The third kappa shape index (κ3) is 4.59. The van der Waals surface area contributed by atoms with Gasteiger partial charge in [-0.05, 0) is 53.6 Å². The van der Waals surface area contributed by atoms with Crippen molar-refractivity contribution in [3.63, 3.8) is 0 Å². The van der Waals surface area contributed by atoms with Crippen molar-refractivity contribution in [2.45, 2.75) is 25.8 Å². The first-order valence-electron chi connectivity index (χ1n) is 11.2. The van der Waals surface area contributed by atoms with Gasteiger partial charge in [0.1, 0.15) is 5.69 Å². The number of nitrogens with zero attached hydrogens (tertiary/aromatic N) is 3. The van der Waals surface area contributed by atoms with Crippen molar-refractivity contribution in [3.05, 3.63) is 119 Å². The van der Waals surface area contributed by atoms with Crippen LogP contribution < -0.4 is 10.2 Å². The Kier molecular flexibility index (Phi) is 6.05. The molecular formula is C27H21F3N4O2. The molecule has 2 amide bonds. The number of alkyl halides is 3. The Bertz CT molecular complexity index is 1430. The number of benzene rings is 2. The molecule has 0 spiro atoms. The molecule has 9 heteroatoms. The van der Waals surface area contributed by atoms with Gasteiger partial charge in [0.25, 0.3) is 11.8 Å². The molecule has 6 nitrogen and oxygen atoms in total. The third-order valence-corrected chi connectivity index (χ3v) is 6.09. The Balaban J connectivity index is 1.46. The van der Waals surface area contributed by atoms with Crippen LogP contribution in [0.1, 0.15) is 43.2 Å². The third-order valence-electron chi connectivity index (χ3n) is 6.09. The number of hydrogen-bond acceptors (Lipinski definition) is 3. The number of fused-ring (bicyclic) bond motifs is 2. The average Bonchev–Trinajstić information content (AvgIpc) is 3.20. The maximum absolute atomic E-state index is 13.5. The molecule has 0 aliphatic carbocycles. The van der Waals surface area contributed by atoms with Gasteiger partial charge < -0.3 is 14.8 Å². The zero-order valence-corrected chi connectivity index (χ0v) is 19.0. The Hall–Kier alpha value is -4.40. The Morgan fingerprint density at radius 1 is 0.944 bits per heavy atom. The molecule has 0 bridgehead atoms. The molecule has 2 aromatic carbocycles. The summed E-state index contributed by atoms with van der Waals surface area (Å²) in [6, 6.07) is 18.7. The van der Waals surface area contributed by atoms with Gasteiger partial charge in [0.2, 0.25) is 0 Å². The number of aromatic nitrogens is 2. The van der Waals surface area contributed by atoms with Crippen LogP contribution >= 0.6 is 0 Å². The van der Waals surface area contributed by atoms with Gasteiger partial charge >= 0.3 is 6.18 Å². The van der Waals surface area contributed by atoms with Crippen LogP contribution in [0.15, 0.2) is 85.2 Å². The Labute approximate surface area is 205 Å². The van der Waals surface area contributed by atoms with E-state index in [0.717, 1.165) is 23.3 Å². The predicted octanol–water partition coefficient (Wildman–Crippen LogP) is 5.04. The summed E-state index contributed by atoms with van der Waals surface area (Å²) in [5.41, 5.74) is 2.40. The second kappa shape index (κ2) is 9.33. The molecule has 1 N–H and O–H groups in total. The number of anilines is 1. The van der Waals surface area contributed by atoms with Gasteiger partial charge in [0.05, 0.1) is 18.7 Å². The van der Waals surface area contributed by atoms with Crippen molar-refractivity contribution in [2.75, 3.05) is 4.90 Å². The minimum absolute atomic E-state index is 0.0610. The zero-order valence-electron chi connectivity index (χ0n) is 19.0. The molecule has 0 unspecified atom stereocenters. The van der Waals surface area contributed by atoms with Crippen LogP contribution in [0.2, 0.25) is 0 Å². The summed E-state index contributed by atoms with van der Waals surface area (Å²) in [5, 5.41) is 2.89. The highest BCUT2D eigenvalue weighted by Gasteiger charge is 2.32. The number of pyridine rings is 1. The highest BCUT2D eigenvalue weighted by atomic mass is 19.4. The lowest BCUT2D eigenvalue weighted by Gasteiger charge is -2.23. The molecule has 4 aromatic rings. The summed E-state index contributed by atoms with van der Waals surface area (Å²) in [6.07, 6.45) is -1.23. The van der Waals surface area contributed by atoms with Crippen molar-refractivity contribution >= 4 is 17.5 Å². The van der Waals surface area contributed by atoms with E-state index in [9.17, 15) is 22.8 Å². The van der Waals surface area contributed by atoms with Crippen LogP contribution in [0.25, 0.3) is 0 Å². The molecule has 2 aromatic heterocycles. The van der Waals surface area contributed by atoms with E-state index in [1.165, 1.54) is 17.0 Å². The maximum atomic E-state index is 13.5. The van der Waals surface area contributed by atoms with E-state index in [-0.39, 0.29) is 18.0 Å². The number of carbonyl (C=O) groups excluding carboxylic acids is 2. The van der Waals surface area contributed by atoms with E-state index in [0.29, 0.717) is 30.2 Å². The Morgan fingerprint density at radius 3 is 2.56 bits per heavy atom. The first kappa shape index (κ1) is 23.3. The summed E-state index contributed by atoms with van der Waals surface area (Å²) in [5.74, 6) is -0.828. The molecule has 0 fully saturated rings. The van der Waals surface area contributed by atoms with E-state index in [2.05, 4.69) is 10.3 Å². The summed E-state index contributed by atoms with van der Waals surface area (Å²) in [7, 11) is 0. The fourth-order valence-corrected chi connectivity index (χ4v) is 4.30. The van der Waals surface area contributed by atoms with Crippen molar-refractivity contribution in [2.24, 2.45) is 0 Å². The minimum atomic E-state index is -4.56. The molecule has 0 saturated carbocycles. The van der Waals surface area contributed by atoms with Crippen LogP contribution in [-0.4, -0.2) is 21.4 Å². The van der Waals surface area contributed by atoms with Crippen molar-refractivity contribution in [1.82, 2.24) is 14.9 Å². The lowest BCUT2D eigenvalue weighted by molar-refractivity contribution is -0.137. The number of halogens is 3. The molecule has 0 saturated heterocycles. The smallest absolute Gasteiger partial charge is 0.347 e. The summed E-state index contributed by atoms with van der Waals surface area (Å²) in [6.45, 7) is 0.742. The average molecular weight is 490 g/mol. The highest BCUT2D eigenvalue weighted by Crippen LogP contribution is 2.33. The van der Waals surface area contributed by atoms with Crippen molar-refractivity contribution in [3.8, 4) is 0 Å². The summed E-state index contributed by atoms with van der Waals surface area (Å²) >= 11 is 0. The molecule has 0 atom stereocenters. The first-order chi connectivity index (χ1) is 17.3. The normalized spacial score (nSPS) is 12.9. The number of rotatable bonds is 4. The van der Waals surface area contributed by atoms with Crippen LogP contribution in [0, 0.1) is 0 Å². The summed E-state index contributed by atoms with van der Waals surface area (Å²) in [4.78, 5) is 32.0. The van der Waals surface area contributed by atoms with Gasteiger partial charge in [-0.25, -0.2) is 0 Å². The monoisotopic (exact) mass is 490 g/mol. The molecule has 3 heterocycles. The number of amides is 2. The Morgan fingerprint density at radius 2 is 1.78 bits per heavy atom. The van der Waals surface area contributed by atoms with E-state index in [1.54, 1.807) is 42.7 Å². The number of para-hydroxylation sites is 1. The van der Waals surface area contributed by atoms with Crippen LogP contribution in [0.5, 0.6) is 0 Å².